The van der Waals surface area contributed by atoms with Gasteiger partial charge in [-0.05, 0) is 24.7 Å². The first-order chi connectivity index (χ1) is 13.4. The average molecular weight is 370 g/mol. The van der Waals surface area contributed by atoms with Gasteiger partial charge in [-0.3, -0.25) is 0 Å². The largest absolute Gasteiger partial charge is 0.309 e. The van der Waals surface area contributed by atoms with Gasteiger partial charge in [-0.25, -0.2) is 0 Å². The van der Waals surface area contributed by atoms with E-state index in [1.54, 1.807) is 0 Å². The molecule has 0 bridgehead atoms. The Morgan fingerprint density at radius 1 is 0.964 bits per heavy atom. The summed E-state index contributed by atoms with van der Waals surface area (Å²) in [7, 11) is 0. The van der Waals surface area contributed by atoms with E-state index in [0.717, 1.165) is 24.1 Å². The predicted molar refractivity (Wildman–Crippen MR) is 102 cm³/mol. The van der Waals surface area contributed by atoms with Crippen LogP contribution in [0.4, 0.5) is 0 Å². The summed E-state index contributed by atoms with van der Waals surface area (Å²) in [6.45, 7) is 6.30. The lowest BCUT2D eigenvalue weighted by atomic mass is 9.51. The molecule has 1 aromatic carbocycles. The van der Waals surface area contributed by atoms with E-state index in [1.807, 2.05) is 42.6 Å². The molecule has 0 spiro atoms. The highest BCUT2D eigenvalue weighted by Gasteiger charge is 2.69. The predicted octanol–water partition coefficient (Wildman–Crippen LogP) is 3.33. The van der Waals surface area contributed by atoms with Gasteiger partial charge in [0.15, 0.2) is 6.04 Å². The van der Waals surface area contributed by atoms with Crippen molar-refractivity contribution in [2.45, 2.75) is 39.7 Å². The molecular formula is C23H24N5+. The minimum absolute atomic E-state index is 0.0154. The number of nitrogens with two attached hydrogens (primary N) is 1. The third-order valence-electron chi connectivity index (χ3n) is 6.57. The monoisotopic (exact) mass is 370 g/mol. The SMILES string of the molecule is CC(C)[C@@H]1CC[C@@H](C)C2=C1[NH2+][C@@H](c1ccccc1)C(C#N)(C#N)C2(C#N)C#N. The Kier molecular flexibility index (Phi) is 5.00. The molecule has 5 nitrogen and oxygen atoms in total. The lowest BCUT2D eigenvalue weighted by Gasteiger charge is -2.47. The van der Waals surface area contributed by atoms with E-state index in [9.17, 15) is 21.0 Å². The molecule has 3 rings (SSSR count). The second kappa shape index (κ2) is 7.13. The molecule has 0 saturated heterocycles. The summed E-state index contributed by atoms with van der Waals surface area (Å²) in [5.41, 5.74) is -1.09. The molecule has 0 amide bonds. The third kappa shape index (κ3) is 2.45. The van der Waals surface area contributed by atoms with Crippen LogP contribution in [0.3, 0.4) is 0 Å². The van der Waals surface area contributed by atoms with E-state index in [4.69, 9.17) is 0 Å². The summed E-state index contributed by atoms with van der Waals surface area (Å²) < 4.78 is 0. The van der Waals surface area contributed by atoms with Crippen LogP contribution in [0.25, 0.3) is 0 Å². The number of nitriles is 4. The Bertz CT molecular complexity index is 933. The topological polar surface area (TPSA) is 112 Å². The van der Waals surface area contributed by atoms with Crippen LogP contribution in [0.5, 0.6) is 0 Å². The van der Waals surface area contributed by atoms with E-state index >= 15 is 0 Å². The highest BCUT2D eigenvalue weighted by molar-refractivity contribution is 5.51. The maximum absolute atomic E-state index is 10.3. The van der Waals surface area contributed by atoms with Crippen LogP contribution >= 0.6 is 0 Å². The van der Waals surface area contributed by atoms with Crippen LogP contribution in [0, 0.1) is 73.9 Å². The van der Waals surface area contributed by atoms with Gasteiger partial charge >= 0.3 is 0 Å². The summed E-state index contributed by atoms with van der Waals surface area (Å²) in [6, 6.07) is 17.3. The molecule has 140 valence electrons. The summed E-state index contributed by atoms with van der Waals surface area (Å²) in [5.74, 6) is 0.546. The van der Waals surface area contributed by atoms with Gasteiger partial charge in [-0.2, -0.15) is 21.0 Å². The van der Waals surface area contributed by atoms with Crippen molar-refractivity contribution in [1.29, 1.82) is 21.0 Å². The average Bonchev–Trinajstić information content (AvgIpc) is 2.72. The maximum atomic E-state index is 10.3. The van der Waals surface area contributed by atoms with Crippen LogP contribution < -0.4 is 5.32 Å². The Labute approximate surface area is 166 Å². The van der Waals surface area contributed by atoms with Crippen LogP contribution in [-0.2, 0) is 0 Å². The summed E-state index contributed by atoms with van der Waals surface area (Å²) in [4.78, 5) is 0. The number of quaternary nitrogens is 1. The van der Waals surface area contributed by atoms with Gasteiger partial charge in [0.1, 0.15) is 5.70 Å². The molecule has 2 N–H and O–H groups in total. The molecule has 1 heterocycles. The molecule has 0 aromatic heterocycles. The van der Waals surface area contributed by atoms with Crippen molar-refractivity contribution in [3.05, 3.63) is 47.2 Å². The summed E-state index contributed by atoms with van der Waals surface area (Å²) in [6.07, 6.45) is 1.83. The molecule has 0 saturated carbocycles. The number of rotatable bonds is 2. The quantitative estimate of drug-likeness (QED) is 0.860. The van der Waals surface area contributed by atoms with Gasteiger partial charge in [0.2, 0.25) is 10.8 Å². The molecule has 0 radical (unpaired) electrons. The van der Waals surface area contributed by atoms with E-state index in [1.165, 1.54) is 0 Å². The van der Waals surface area contributed by atoms with Gasteiger partial charge < -0.3 is 5.32 Å². The van der Waals surface area contributed by atoms with Gasteiger partial charge in [-0.1, -0.05) is 51.1 Å². The zero-order valence-electron chi connectivity index (χ0n) is 16.5. The molecule has 2 aliphatic rings. The van der Waals surface area contributed by atoms with Crippen molar-refractivity contribution in [1.82, 2.24) is 0 Å². The molecule has 0 fully saturated rings. The number of hydrogen-bond acceptors (Lipinski definition) is 4. The van der Waals surface area contributed by atoms with Crippen LogP contribution in [0.2, 0.25) is 0 Å². The van der Waals surface area contributed by atoms with Crippen LogP contribution in [0.1, 0.15) is 45.2 Å². The van der Waals surface area contributed by atoms with Gasteiger partial charge in [0.05, 0.1) is 24.3 Å². The Morgan fingerprint density at radius 3 is 2.07 bits per heavy atom. The van der Waals surface area contributed by atoms with Gasteiger partial charge in [-0.15, -0.1) is 0 Å². The van der Waals surface area contributed by atoms with Crippen molar-refractivity contribution < 1.29 is 5.32 Å². The van der Waals surface area contributed by atoms with Gasteiger partial charge in [0.25, 0.3) is 0 Å². The number of hydrogen-bond donors (Lipinski definition) is 1. The molecule has 1 aromatic rings. The van der Waals surface area contributed by atoms with Crippen molar-refractivity contribution in [3.63, 3.8) is 0 Å². The van der Waals surface area contributed by atoms with Crippen LogP contribution in [0.15, 0.2) is 41.6 Å². The molecule has 28 heavy (non-hydrogen) atoms. The van der Waals surface area contributed by atoms with Crippen molar-refractivity contribution in [2.75, 3.05) is 0 Å². The Morgan fingerprint density at radius 2 is 1.57 bits per heavy atom. The zero-order chi connectivity index (χ0) is 20.5. The van der Waals surface area contributed by atoms with E-state index in [2.05, 4.69) is 38.1 Å². The highest BCUT2D eigenvalue weighted by atomic mass is 15.0. The van der Waals surface area contributed by atoms with E-state index < -0.39 is 16.9 Å². The molecule has 1 aliphatic carbocycles. The fraction of sp³-hybridized carbons (Fsp3) is 0.478. The van der Waals surface area contributed by atoms with Crippen LogP contribution in [-0.4, -0.2) is 0 Å². The Balaban J connectivity index is 2.41. The first-order valence-corrected chi connectivity index (χ1v) is 9.71. The Hall–Kier alpha value is -3.12. The van der Waals surface area contributed by atoms with Gasteiger partial charge in [0, 0.05) is 17.1 Å². The molecular weight excluding hydrogens is 346 g/mol. The minimum atomic E-state index is -1.79. The molecule has 0 unspecified atom stereocenters. The normalized spacial score (nSPS) is 27.6. The number of nitrogens with zero attached hydrogens (tertiary/aromatic N) is 4. The minimum Gasteiger partial charge on any atom is -0.309 e. The molecule has 5 heteroatoms. The second-order valence-electron chi connectivity index (χ2n) is 8.26. The fourth-order valence-corrected chi connectivity index (χ4v) is 5.12. The van der Waals surface area contributed by atoms with E-state index in [-0.39, 0.29) is 11.8 Å². The smallest absolute Gasteiger partial charge is 0.234 e. The standard InChI is InChI=1S/C23H23N5/c1-15(2)18-10-9-16(3)19-20(18)28-21(17-7-5-4-6-8-17)23(13-26,14-27)22(19,11-24)12-25/h4-8,15-16,18,21,28H,9-10H2,1-3H3/p+1/t16-,18+,21+/m1/s1. The lowest BCUT2D eigenvalue weighted by Crippen LogP contribution is -2.91. The lowest BCUT2D eigenvalue weighted by molar-refractivity contribution is -0.676. The maximum Gasteiger partial charge on any atom is 0.234 e. The summed E-state index contributed by atoms with van der Waals surface area (Å²) >= 11 is 0. The number of allylic oxidation sites excluding steroid dienone is 2. The highest BCUT2D eigenvalue weighted by Crippen LogP contribution is 2.57. The molecule has 1 aliphatic heterocycles. The molecule has 3 atom stereocenters. The first-order valence-electron chi connectivity index (χ1n) is 9.71. The number of benzene rings is 1. The summed E-state index contributed by atoms with van der Waals surface area (Å²) in [5, 5.41) is 43.0. The van der Waals surface area contributed by atoms with Crippen molar-refractivity contribution in [3.8, 4) is 24.3 Å². The fourth-order valence-electron chi connectivity index (χ4n) is 5.12. The zero-order valence-corrected chi connectivity index (χ0v) is 16.5. The van der Waals surface area contributed by atoms with Crippen molar-refractivity contribution in [2.24, 2.45) is 28.6 Å². The van der Waals surface area contributed by atoms with Crippen molar-refractivity contribution >= 4 is 0 Å². The van der Waals surface area contributed by atoms with E-state index in [0.29, 0.717) is 11.5 Å². The second-order valence-corrected chi connectivity index (χ2v) is 8.26. The first kappa shape index (κ1) is 19.6. The third-order valence-corrected chi connectivity index (χ3v) is 6.57.